The first-order chi connectivity index (χ1) is 7.79. The molecule has 84 valence electrons. The Bertz CT molecular complexity index is 467. The largest absolute Gasteiger partial charge is 0.372 e. The average Bonchev–Trinajstić information content (AvgIpc) is 2.67. The highest BCUT2D eigenvalue weighted by atomic mass is 35.5. The van der Waals surface area contributed by atoms with Crippen molar-refractivity contribution in [2.45, 2.75) is 18.9 Å². The summed E-state index contributed by atoms with van der Waals surface area (Å²) >= 11 is 6.05. The van der Waals surface area contributed by atoms with Gasteiger partial charge in [-0.2, -0.15) is 0 Å². The van der Waals surface area contributed by atoms with Crippen LogP contribution in [0.5, 0.6) is 0 Å². The first-order valence-corrected chi connectivity index (χ1v) is 6.00. The van der Waals surface area contributed by atoms with E-state index in [0.29, 0.717) is 6.54 Å². The smallest absolute Gasteiger partial charge is 0.0916 e. The van der Waals surface area contributed by atoms with Gasteiger partial charge in [0, 0.05) is 11.6 Å². The van der Waals surface area contributed by atoms with Crippen LogP contribution in [0.1, 0.15) is 17.5 Å². The average molecular weight is 236 g/mol. The van der Waals surface area contributed by atoms with Crippen LogP contribution >= 0.6 is 11.6 Å². The van der Waals surface area contributed by atoms with Gasteiger partial charge in [-0.15, -0.1) is 0 Å². The molecule has 1 aromatic carbocycles. The molecule has 0 bridgehead atoms. The summed E-state index contributed by atoms with van der Waals surface area (Å²) in [5.41, 5.74) is 11.2. The van der Waals surface area contributed by atoms with E-state index in [1.54, 1.807) is 0 Å². The zero-order valence-electron chi connectivity index (χ0n) is 9.00. The predicted octanol–water partition coefficient (Wildman–Crippen LogP) is 2.40. The molecule has 1 aliphatic heterocycles. The van der Waals surface area contributed by atoms with E-state index in [1.165, 1.54) is 22.3 Å². The summed E-state index contributed by atoms with van der Waals surface area (Å²) in [5.74, 6) is 0. The molecular formula is C13H14ClNO. The maximum atomic E-state index is 6.05. The second-order valence-corrected chi connectivity index (χ2v) is 4.76. The Morgan fingerprint density at radius 1 is 1.44 bits per heavy atom. The zero-order valence-corrected chi connectivity index (χ0v) is 9.76. The van der Waals surface area contributed by atoms with Gasteiger partial charge in [0.2, 0.25) is 0 Å². The molecule has 2 N–H and O–H groups in total. The number of nitrogens with two attached hydrogens (primary N) is 1. The molecule has 0 spiro atoms. The Hall–Kier alpha value is -0.830. The summed E-state index contributed by atoms with van der Waals surface area (Å²) in [6.07, 6.45) is 2.07. The Labute approximate surface area is 100 Å². The van der Waals surface area contributed by atoms with Crippen LogP contribution in [0.4, 0.5) is 0 Å². The molecule has 0 radical (unpaired) electrons. The fourth-order valence-electron chi connectivity index (χ4n) is 2.69. The Morgan fingerprint density at radius 2 is 2.31 bits per heavy atom. The third-order valence-corrected chi connectivity index (χ3v) is 3.67. The maximum Gasteiger partial charge on any atom is 0.0916 e. The van der Waals surface area contributed by atoms with E-state index in [4.69, 9.17) is 22.1 Å². The fraction of sp³-hybridized carbons (Fsp3) is 0.385. The lowest BCUT2D eigenvalue weighted by Gasteiger charge is -2.24. The first kappa shape index (κ1) is 10.3. The van der Waals surface area contributed by atoms with Crippen molar-refractivity contribution >= 4 is 17.2 Å². The second-order valence-electron chi connectivity index (χ2n) is 4.33. The minimum atomic E-state index is 0.106. The molecule has 0 saturated carbocycles. The van der Waals surface area contributed by atoms with Gasteiger partial charge in [0.25, 0.3) is 0 Å². The highest BCUT2D eigenvalue weighted by molar-refractivity contribution is 6.30. The summed E-state index contributed by atoms with van der Waals surface area (Å²) < 4.78 is 5.69. The van der Waals surface area contributed by atoms with Gasteiger partial charge in [-0.3, -0.25) is 0 Å². The Morgan fingerprint density at radius 3 is 3.12 bits per heavy atom. The number of hydrogen-bond acceptors (Lipinski definition) is 2. The van der Waals surface area contributed by atoms with Crippen molar-refractivity contribution in [2.24, 2.45) is 5.73 Å². The van der Waals surface area contributed by atoms with Crippen LogP contribution in [0.25, 0.3) is 5.57 Å². The molecule has 1 unspecified atom stereocenters. The monoisotopic (exact) mass is 235 g/mol. The summed E-state index contributed by atoms with van der Waals surface area (Å²) in [5, 5.41) is 0.809. The van der Waals surface area contributed by atoms with Crippen LogP contribution in [0, 0.1) is 0 Å². The lowest BCUT2D eigenvalue weighted by atomic mass is 9.98. The SMILES string of the molecule is NCC1OCCC2=C1Cc1ccc(Cl)cc12. The van der Waals surface area contributed by atoms with Gasteiger partial charge in [0.1, 0.15) is 0 Å². The van der Waals surface area contributed by atoms with Crippen molar-refractivity contribution in [3.05, 3.63) is 39.9 Å². The number of benzene rings is 1. The van der Waals surface area contributed by atoms with E-state index in [9.17, 15) is 0 Å². The highest BCUT2D eigenvalue weighted by Gasteiger charge is 2.29. The van der Waals surface area contributed by atoms with Crippen LogP contribution in [-0.4, -0.2) is 19.3 Å². The minimum absolute atomic E-state index is 0.106. The molecule has 2 nitrogen and oxygen atoms in total. The van der Waals surface area contributed by atoms with Gasteiger partial charge in [0.15, 0.2) is 0 Å². The molecule has 1 aromatic rings. The van der Waals surface area contributed by atoms with Crippen LogP contribution in [0.2, 0.25) is 5.02 Å². The summed E-state index contributed by atoms with van der Waals surface area (Å²) in [6, 6.07) is 6.14. The standard InChI is InChI=1S/C13H14ClNO/c14-9-2-1-8-5-12-10(11(8)6-9)3-4-16-13(12)7-15/h1-2,6,13H,3-5,7,15H2. The zero-order chi connectivity index (χ0) is 11.1. The van der Waals surface area contributed by atoms with Gasteiger partial charge < -0.3 is 10.5 Å². The van der Waals surface area contributed by atoms with E-state index in [0.717, 1.165) is 24.5 Å². The molecule has 1 heterocycles. The Balaban J connectivity index is 2.08. The third-order valence-electron chi connectivity index (χ3n) is 3.44. The van der Waals surface area contributed by atoms with Crippen molar-refractivity contribution in [1.82, 2.24) is 0 Å². The molecular weight excluding hydrogens is 222 g/mol. The quantitative estimate of drug-likeness (QED) is 0.811. The van der Waals surface area contributed by atoms with Crippen LogP contribution in [0.3, 0.4) is 0 Å². The second kappa shape index (κ2) is 3.88. The van der Waals surface area contributed by atoms with Gasteiger partial charge in [-0.25, -0.2) is 0 Å². The van der Waals surface area contributed by atoms with Crippen LogP contribution < -0.4 is 5.73 Å². The van der Waals surface area contributed by atoms with E-state index in [-0.39, 0.29) is 6.10 Å². The number of halogens is 1. The lowest BCUT2D eigenvalue weighted by molar-refractivity contribution is 0.0787. The molecule has 2 aliphatic rings. The molecule has 0 saturated heterocycles. The van der Waals surface area contributed by atoms with Gasteiger partial charge in [-0.1, -0.05) is 17.7 Å². The third kappa shape index (κ3) is 1.49. The van der Waals surface area contributed by atoms with E-state index < -0.39 is 0 Å². The van der Waals surface area contributed by atoms with Crippen molar-refractivity contribution in [2.75, 3.05) is 13.2 Å². The molecule has 3 rings (SSSR count). The van der Waals surface area contributed by atoms with Crippen molar-refractivity contribution < 1.29 is 4.74 Å². The van der Waals surface area contributed by atoms with Gasteiger partial charge >= 0.3 is 0 Å². The molecule has 3 heteroatoms. The number of fused-ring (bicyclic) bond motifs is 2. The normalized spacial score (nSPS) is 23.2. The predicted molar refractivity (Wildman–Crippen MR) is 65.5 cm³/mol. The summed E-state index contributed by atoms with van der Waals surface area (Å²) in [7, 11) is 0. The lowest BCUT2D eigenvalue weighted by Crippen LogP contribution is -2.29. The minimum Gasteiger partial charge on any atom is -0.372 e. The topological polar surface area (TPSA) is 35.2 Å². The molecule has 16 heavy (non-hydrogen) atoms. The van der Waals surface area contributed by atoms with E-state index in [1.807, 2.05) is 6.07 Å². The van der Waals surface area contributed by atoms with Gasteiger partial charge in [-0.05, 0) is 47.2 Å². The van der Waals surface area contributed by atoms with Crippen molar-refractivity contribution in [3.8, 4) is 0 Å². The maximum absolute atomic E-state index is 6.05. The Kier molecular flexibility index (Phi) is 2.51. The molecule has 0 fully saturated rings. The number of ether oxygens (including phenoxy) is 1. The molecule has 1 aliphatic carbocycles. The van der Waals surface area contributed by atoms with Crippen LogP contribution in [0.15, 0.2) is 23.8 Å². The highest BCUT2D eigenvalue weighted by Crippen LogP contribution is 2.40. The van der Waals surface area contributed by atoms with E-state index >= 15 is 0 Å². The molecule has 1 atom stereocenters. The first-order valence-electron chi connectivity index (χ1n) is 5.62. The van der Waals surface area contributed by atoms with Crippen LogP contribution in [-0.2, 0) is 11.2 Å². The van der Waals surface area contributed by atoms with Crippen molar-refractivity contribution in [3.63, 3.8) is 0 Å². The summed E-state index contributed by atoms with van der Waals surface area (Å²) in [4.78, 5) is 0. The van der Waals surface area contributed by atoms with Crippen molar-refractivity contribution in [1.29, 1.82) is 0 Å². The molecule has 0 amide bonds. The van der Waals surface area contributed by atoms with Gasteiger partial charge in [0.05, 0.1) is 12.7 Å². The fourth-order valence-corrected chi connectivity index (χ4v) is 2.86. The van der Waals surface area contributed by atoms with E-state index in [2.05, 4.69) is 12.1 Å². The summed E-state index contributed by atoms with van der Waals surface area (Å²) in [6.45, 7) is 1.34. The molecule has 0 aromatic heterocycles. The number of rotatable bonds is 1. The number of hydrogen-bond donors (Lipinski definition) is 1.